The van der Waals surface area contributed by atoms with Crippen molar-refractivity contribution in [3.05, 3.63) is 24.3 Å². The maximum absolute atomic E-state index is 12.9. The Hall–Kier alpha value is -2.44. The fraction of sp³-hybridized carbons (Fsp3) is 0.500. The topological polar surface area (TPSA) is 126 Å². The van der Waals surface area contributed by atoms with E-state index in [4.69, 9.17) is 0 Å². The predicted octanol–water partition coefficient (Wildman–Crippen LogP) is 2.08. The third-order valence-corrected chi connectivity index (χ3v) is 7.69. The van der Waals surface area contributed by atoms with Crippen molar-refractivity contribution < 1.29 is 18.0 Å². The Balaban J connectivity index is 1.75. The van der Waals surface area contributed by atoms with E-state index in [1.807, 2.05) is 11.5 Å². The van der Waals surface area contributed by atoms with Crippen LogP contribution in [0.2, 0.25) is 0 Å². The maximum Gasteiger partial charge on any atom is 0.321 e. The minimum absolute atomic E-state index is 0.00692. The van der Waals surface area contributed by atoms with Crippen molar-refractivity contribution in [2.75, 3.05) is 18.8 Å². The van der Waals surface area contributed by atoms with Gasteiger partial charge in [0.25, 0.3) is 0 Å². The van der Waals surface area contributed by atoms with Crippen LogP contribution < -0.4 is 10.6 Å². The van der Waals surface area contributed by atoms with Gasteiger partial charge in [0.2, 0.25) is 15.9 Å². The van der Waals surface area contributed by atoms with Gasteiger partial charge in [-0.1, -0.05) is 23.9 Å². The van der Waals surface area contributed by atoms with Crippen LogP contribution in [0.15, 0.2) is 34.3 Å². The number of thioether (sulfide) groups is 1. The van der Waals surface area contributed by atoms with Crippen LogP contribution in [0.25, 0.3) is 11.4 Å². The molecule has 1 aromatic heterocycles. The highest BCUT2D eigenvalue weighted by Gasteiger charge is 2.27. The summed E-state index contributed by atoms with van der Waals surface area (Å²) < 4.78 is 29.1. The molecule has 0 bridgehead atoms. The Morgan fingerprint density at radius 3 is 2.56 bits per heavy atom. The third kappa shape index (κ3) is 5.67. The molecule has 0 unspecified atom stereocenters. The van der Waals surface area contributed by atoms with Crippen LogP contribution in [0.4, 0.5) is 4.79 Å². The van der Waals surface area contributed by atoms with Crippen LogP contribution in [0, 0.1) is 0 Å². The third-order valence-electron chi connectivity index (χ3n) is 4.83. The highest BCUT2D eigenvalue weighted by molar-refractivity contribution is 7.99. The van der Waals surface area contributed by atoms with Gasteiger partial charge >= 0.3 is 6.03 Å². The molecule has 0 aliphatic carbocycles. The number of carbonyl (C=O) groups is 2. The lowest BCUT2D eigenvalue weighted by Gasteiger charge is -2.16. The molecule has 2 N–H and O–H groups in total. The van der Waals surface area contributed by atoms with E-state index in [2.05, 4.69) is 20.8 Å². The molecule has 12 heteroatoms. The molecule has 0 atom stereocenters. The summed E-state index contributed by atoms with van der Waals surface area (Å²) in [5.41, 5.74) is 0.632. The molecule has 1 aromatic carbocycles. The molecule has 2 aromatic rings. The van der Waals surface area contributed by atoms with Crippen molar-refractivity contribution in [2.24, 2.45) is 0 Å². The molecule has 0 spiro atoms. The molecule has 3 amide bonds. The first-order valence-electron chi connectivity index (χ1n) is 10.5. The average molecular weight is 481 g/mol. The predicted molar refractivity (Wildman–Crippen MR) is 122 cm³/mol. The number of amides is 3. The number of imide groups is 1. The molecular weight excluding hydrogens is 452 g/mol. The molecule has 1 fully saturated rings. The van der Waals surface area contributed by atoms with E-state index in [1.165, 1.54) is 4.31 Å². The van der Waals surface area contributed by atoms with E-state index in [9.17, 15) is 18.0 Å². The normalized spacial score (nSPS) is 14.6. The number of sulfonamides is 1. The minimum Gasteiger partial charge on any atom is -0.336 e. The molecule has 1 aliphatic rings. The molecule has 1 aliphatic heterocycles. The summed E-state index contributed by atoms with van der Waals surface area (Å²) >= 11 is 1.16. The molecule has 0 radical (unpaired) electrons. The highest BCUT2D eigenvalue weighted by Crippen LogP contribution is 2.27. The van der Waals surface area contributed by atoms with E-state index in [-0.39, 0.29) is 16.7 Å². The van der Waals surface area contributed by atoms with Gasteiger partial charge in [-0.2, -0.15) is 4.31 Å². The summed E-state index contributed by atoms with van der Waals surface area (Å²) in [5, 5.41) is 13.8. The Bertz CT molecular complexity index is 1080. The lowest BCUT2D eigenvalue weighted by atomic mass is 10.2. The van der Waals surface area contributed by atoms with Crippen LogP contribution in [0.5, 0.6) is 0 Å². The van der Waals surface area contributed by atoms with Crippen molar-refractivity contribution in [1.82, 2.24) is 29.7 Å². The smallest absolute Gasteiger partial charge is 0.321 e. The first-order chi connectivity index (χ1) is 15.2. The number of nitrogens with one attached hydrogen (secondary N) is 2. The Morgan fingerprint density at radius 2 is 1.91 bits per heavy atom. The van der Waals surface area contributed by atoms with Crippen molar-refractivity contribution >= 4 is 33.7 Å². The summed E-state index contributed by atoms with van der Waals surface area (Å²) in [6.45, 7) is 7.12. The van der Waals surface area contributed by atoms with Crippen molar-refractivity contribution in [3.8, 4) is 11.4 Å². The van der Waals surface area contributed by atoms with Gasteiger partial charge in [0.1, 0.15) is 0 Å². The fourth-order valence-electron chi connectivity index (χ4n) is 3.36. The molecule has 174 valence electrons. The number of benzene rings is 1. The van der Waals surface area contributed by atoms with Crippen LogP contribution in [0.3, 0.4) is 0 Å². The largest absolute Gasteiger partial charge is 0.336 e. The zero-order valence-corrected chi connectivity index (χ0v) is 20.0. The van der Waals surface area contributed by atoms with Gasteiger partial charge in [-0.05, 0) is 45.7 Å². The average Bonchev–Trinajstić information content (AvgIpc) is 3.42. The number of carbonyl (C=O) groups excluding carboxylic acids is 2. The lowest BCUT2D eigenvalue weighted by molar-refractivity contribution is -0.117. The monoisotopic (exact) mass is 480 g/mol. The molecule has 10 nitrogen and oxygen atoms in total. The van der Waals surface area contributed by atoms with Gasteiger partial charge in [0, 0.05) is 31.2 Å². The summed E-state index contributed by atoms with van der Waals surface area (Å²) in [6, 6.07) is 6.07. The number of rotatable bonds is 8. The first-order valence-corrected chi connectivity index (χ1v) is 12.9. The molecule has 1 saturated heterocycles. The van der Waals surface area contributed by atoms with Crippen LogP contribution in [0.1, 0.15) is 33.6 Å². The Kier molecular flexibility index (Phi) is 7.91. The summed E-state index contributed by atoms with van der Waals surface area (Å²) in [6.07, 6.45) is 1.74. The quantitative estimate of drug-likeness (QED) is 0.554. The SMILES string of the molecule is CCn1c(SCC(=O)NC(=O)NC(C)C)nnc1-c1cccc(S(=O)(=O)N2CCCC2)c1. The van der Waals surface area contributed by atoms with Gasteiger partial charge in [-0.25, -0.2) is 13.2 Å². The van der Waals surface area contributed by atoms with Crippen molar-refractivity contribution in [2.45, 2.75) is 56.3 Å². The molecule has 3 rings (SSSR count). The summed E-state index contributed by atoms with van der Waals surface area (Å²) in [7, 11) is -3.54. The molecule has 32 heavy (non-hydrogen) atoms. The highest BCUT2D eigenvalue weighted by atomic mass is 32.2. The molecule has 0 saturated carbocycles. The second-order valence-electron chi connectivity index (χ2n) is 7.65. The van der Waals surface area contributed by atoms with E-state index >= 15 is 0 Å². The van der Waals surface area contributed by atoms with E-state index < -0.39 is 22.0 Å². The van der Waals surface area contributed by atoms with Gasteiger partial charge < -0.3 is 9.88 Å². The number of nitrogens with zero attached hydrogens (tertiary/aromatic N) is 4. The van der Waals surface area contributed by atoms with E-state index in [0.29, 0.717) is 36.2 Å². The zero-order valence-electron chi connectivity index (χ0n) is 18.4. The number of urea groups is 1. The van der Waals surface area contributed by atoms with Gasteiger partial charge in [-0.3, -0.25) is 10.1 Å². The van der Waals surface area contributed by atoms with Crippen LogP contribution in [-0.2, 0) is 21.4 Å². The summed E-state index contributed by atoms with van der Waals surface area (Å²) in [4.78, 5) is 23.9. The molecule has 2 heterocycles. The molecular formula is C20H28N6O4S2. The van der Waals surface area contributed by atoms with Gasteiger partial charge in [0.05, 0.1) is 10.6 Å². The fourth-order valence-corrected chi connectivity index (χ4v) is 5.72. The maximum atomic E-state index is 12.9. The van der Waals surface area contributed by atoms with Crippen LogP contribution >= 0.6 is 11.8 Å². The van der Waals surface area contributed by atoms with Crippen molar-refractivity contribution in [3.63, 3.8) is 0 Å². The lowest BCUT2D eigenvalue weighted by Crippen LogP contribution is -2.43. The first kappa shape index (κ1) is 24.2. The van der Waals surface area contributed by atoms with Gasteiger partial charge in [0.15, 0.2) is 11.0 Å². The second-order valence-corrected chi connectivity index (χ2v) is 10.5. The number of aromatic nitrogens is 3. The number of hydrogen-bond donors (Lipinski definition) is 2. The number of hydrogen-bond acceptors (Lipinski definition) is 7. The van der Waals surface area contributed by atoms with Crippen LogP contribution in [-0.4, -0.2) is 64.3 Å². The van der Waals surface area contributed by atoms with Gasteiger partial charge in [-0.15, -0.1) is 10.2 Å². The van der Waals surface area contributed by atoms with E-state index in [0.717, 1.165) is 24.6 Å². The Morgan fingerprint density at radius 1 is 1.19 bits per heavy atom. The Labute approximate surface area is 192 Å². The van der Waals surface area contributed by atoms with Crippen molar-refractivity contribution in [1.29, 1.82) is 0 Å². The minimum atomic E-state index is -3.54. The standard InChI is InChI=1S/C20H28N6O4S2/c1-4-26-18(23-24-20(26)31-13-17(27)22-19(28)21-14(2)3)15-8-7-9-16(12-15)32(29,30)25-10-5-6-11-25/h7-9,12,14H,4-6,10-11,13H2,1-3H3,(H2,21,22,27,28). The van der Waals surface area contributed by atoms with E-state index in [1.54, 1.807) is 38.1 Å². The summed E-state index contributed by atoms with van der Waals surface area (Å²) in [5.74, 6) is 0.0676. The second kappa shape index (κ2) is 10.5. The zero-order chi connectivity index (χ0) is 23.3.